The number of fused-ring (bicyclic) bond motifs is 1. The van der Waals surface area contributed by atoms with Gasteiger partial charge >= 0.3 is 5.69 Å². The average molecular weight is 286 g/mol. The summed E-state index contributed by atoms with van der Waals surface area (Å²) >= 11 is 0. The summed E-state index contributed by atoms with van der Waals surface area (Å²) in [5.74, 6) is 1.53. The molecule has 2 aromatic heterocycles. The highest BCUT2D eigenvalue weighted by Crippen LogP contribution is 2.64. The molecule has 3 fully saturated rings. The van der Waals surface area contributed by atoms with Crippen molar-refractivity contribution in [1.29, 1.82) is 0 Å². The van der Waals surface area contributed by atoms with Crippen molar-refractivity contribution in [3.8, 4) is 0 Å². The van der Waals surface area contributed by atoms with Gasteiger partial charge in [-0.2, -0.15) is 0 Å². The Morgan fingerprint density at radius 1 is 1.05 bits per heavy atom. The summed E-state index contributed by atoms with van der Waals surface area (Å²) in [7, 11) is 0. The molecule has 0 saturated heterocycles. The molecule has 21 heavy (non-hydrogen) atoms. The first-order valence-corrected chi connectivity index (χ1v) is 7.92. The molecule has 6 heteroatoms. The first-order chi connectivity index (χ1) is 10.2. The largest absolute Gasteiger partial charge is 0.339 e. The second kappa shape index (κ2) is 3.67. The normalized spacial score (nSPS) is 22.9. The summed E-state index contributed by atoms with van der Waals surface area (Å²) in [6.07, 6.45) is 8.39. The highest BCUT2D eigenvalue weighted by Gasteiger charge is 2.63. The Balaban J connectivity index is 1.85. The molecule has 3 saturated carbocycles. The van der Waals surface area contributed by atoms with Gasteiger partial charge < -0.3 is 4.98 Å². The van der Waals surface area contributed by atoms with Crippen LogP contribution in [-0.2, 0) is 5.54 Å². The third-order valence-electron chi connectivity index (χ3n) is 5.57. The molecule has 3 aliphatic rings. The van der Waals surface area contributed by atoms with Crippen LogP contribution < -0.4 is 11.2 Å². The number of nitrogens with one attached hydrogen (secondary N) is 2. The molecule has 110 valence electrons. The van der Waals surface area contributed by atoms with Crippen LogP contribution in [-0.4, -0.2) is 19.5 Å². The molecule has 2 heterocycles. The van der Waals surface area contributed by atoms with Crippen LogP contribution in [0.3, 0.4) is 0 Å². The lowest BCUT2D eigenvalue weighted by atomic mass is 9.81. The van der Waals surface area contributed by atoms with Gasteiger partial charge in [-0.15, -0.1) is 0 Å². The second-order valence-electron chi connectivity index (χ2n) is 6.91. The van der Waals surface area contributed by atoms with E-state index in [1.165, 1.54) is 6.33 Å². The molecule has 3 aliphatic carbocycles. The van der Waals surface area contributed by atoms with Crippen molar-refractivity contribution in [2.45, 2.75) is 44.1 Å². The van der Waals surface area contributed by atoms with Gasteiger partial charge in [0.15, 0.2) is 5.65 Å². The van der Waals surface area contributed by atoms with Crippen LogP contribution in [0.25, 0.3) is 11.2 Å². The molecule has 0 spiro atoms. The van der Waals surface area contributed by atoms with E-state index in [-0.39, 0.29) is 16.8 Å². The summed E-state index contributed by atoms with van der Waals surface area (Å²) < 4.78 is 1.58. The quantitative estimate of drug-likeness (QED) is 0.889. The standard InChI is InChI=1S/C15H18N4O2/c20-13-11-12(17-7-16-11)18-14(21)19(13)15(8-1-2-8,9-3-4-9)10-5-6-10/h7-10H,1-6H2,(H,16,17)(H,18,21). The highest BCUT2D eigenvalue weighted by molar-refractivity contribution is 5.67. The Labute approximate surface area is 120 Å². The summed E-state index contributed by atoms with van der Waals surface area (Å²) in [4.78, 5) is 35.3. The molecule has 5 rings (SSSR count). The van der Waals surface area contributed by atoms with Gasteiger partial charge in [0.25, 0.3) is 5.56 Å². The lowest BCUT2D eigenvalue weighted by Crippen LogP contribution is -2.53. The molecule has 0 bridgehead atoms. The monoisotopic (exact) mass is 286 g/mol. The van der Waals surface area contributed by atoms with E-state index in [1.54, 1.807) is 4.57 Å². The molecule has 0 aromatic carbocycles. The first-order valence-electron chi connectivity index (χ1n) is 7.92. The van der Waals surface area contributed by atoms with Crippen molar-refractivity contribution < 1.29 is 0 Å². The number of imidazole rings is 1. The number of hydrogen-bond acceptors (Lipinski definition) is 3. The molecule has 0 atom stereocenters. The molecular weight excluding hydrogens is 268 g/mol. The zero-order chi connectivity index (χ0) is 14.2. The summed E-state index contributed by atoms with van der Waals surface area (Å²) in [5, 5.41) is 0. The van der Waals surface area contributed by atoms with Gasteiger partial charge in [0.05, 0.1) is 11.9 Å². The summed E-state index contributed by atoms with van der Waals surface area (Å²) in [5.41, 5.74) is 0.130. The van der Waals surface area contributed by atoms with Gasteiger partial charge in [0.2, 0.25) is 0 Å². The van der Waals surface area contributed by atoms with Gasteiger partial charge in [0.1, 0.15) is 5.52 Å². The molecule has 2 N–H and O–H groups in total. The third kappa shape index (κ3) is 1.45. The fourth-order valence-corrected chi connectivity index (χ4v) is 4.45. The van der Waals surface area contributed by atoms with E-state index in [1.807, 2.05) is 0 Å². The minimum Gasteiger partial charge on any atom is -0.339 e. The van der Waals surface area contributed by atoms with Gasteiger partial charge in [-0.3, -0.25) is 14.3 Å². The van der Waals surface area contributed by atoms with Crippen LogP contribution in [0.4, 0.5) is 0 Å². The van der Waals surface area contributed by atoms with Gasteiger partial charge in [-0.25, -0.2) is 9.78 Å². The zero-order valence-electron chi connectivity index (χ0n) is 11.8. The second-order valence-corrected chi connectivity index (χ2v) is 6.91. The van der Waals surface area contributed by atoms with Crippen molar-refractivity contribution in [2.24, 2.45) is 17.8 Å². The number of nitrogens with zero attached hydrogens (tertiary/aromatic N) is 2. The fraction of sp³-hybridized carbons (Fsp3) is 0.667. The number of rotatable bonds is 4. The molecule has 0 unspecified atom stereocenters. The van der Waals surface area contributed by atoms with E-state index in [0.717, 1.165) is 38.5 Å². The van der Waals surface area contributed by atoms with Crippen molar-refractivity contribution in [2.75, 3.05) is 0 Å². The predicted molar refractivity (Wildman–Crippen MR) is 77.1 cm³/mol. The third-order valence-corrected chi connectivity index (χ3v) is 5.57. The van der Waals surface area contributed by atoms with Gasteiger partial charge in [-0.05, 0) is 56.3 Å². The van der Waals surface area contributed by atoms with Crippen LogP contribution in [0, 0.1) is 17.8 Å². The Hall–Kier alpha value is -1.85. The molecular formula is C15H18N4O2. The number of aromatic amines is 2. The van der Waals surface area contributed by atoms with Gasteiger partial charge in [0, 0.05) is 0 Å². The smallest absolute Gasteiger partial charge is 0.330 e. The van der Waals surface area contributed by atoms with Crippen LogP contribution in [0.1, 0.15) is 38.5 Å². The first kappa shape index (κ1) is 11.8. The van der Waals surface area contributed by atoms with Crippen LogP contribution in [0.15, 0.2) is 15.9 Å². The van der Waals surface area contributed by atoms with Crippen LogP contribution >= 0.6 is 0 Å². The SMILES string of the molecule is O=c1[nH]c2nc[nH]c2c(=O)n1C(C1CC1)(C1CC1)C1CC1. The van der Waals surface area contributed by atoms with E-state index in [4.69, 9.17) is 0 Å². The molecule has 0 aliphatic heterocycles. The number of H-pyrrole nitrogens is 2. The maximum absolute atomic E-state index is 12.9. The van der Waals surface area contributed by atoms with E-state index >= 15 is 0 Å². The van der Waals surface area contributed by atoms with Crippen molar-refractivity contribution in [1.82, 2.24) is 19.5 Å². The number of hydrogen-bond donors (Lipinski definition) is 2. The van der Waals surface area contributed by atoms with Crippen molar-refractivity contribution in [3.63, 3.8) is 0 Å². The Bertz CT molecular complexity index is 802. The van der Waals surface area contributed by atoms with Crippen LogP contribution in [0.2, 0.25) is 0 Å². The number of aromatic nitrogens is 4. The Morgan fingerprint density at radius 2 is 1.62 bits per heavy atom. The molecule has 0 amide bonds. The van der Waals surface area contributed by atoms with E-state index < -0.39 is 0 Å². The topological polar surface area (TPSA) is 83.5 Å². The van der Waals surface area contributed by atoms with Gasteiger partial charge in [-0.1, -0.05) is 0 Å². The molecule has 0 radical (unpaired) electrons. The minimum atomic E-state index is -0.273. The fourth-order valence-electron chi connectivity index (χ4n) is 4.45. The van der Waals surface area contributed by atoms with Crippen molar-refractivity contribution in [3.05, 3.63) is 27.2 Å². The van der Waals surface area contributed by atoms with E-state index in [2.05, 4.69) is 15.0 Å². The predicted octanol–water partition coefficient (Wildman–Crippen LogP) is 1.34. The maximum atomic E-state index is 12.9. The maximum Gasteiger partial charge on any atom is 0.330 e. The molecule has 2 aromatic rings. The average Bonchev–Trinajstić information content (AvgIpc) is 3.34. The Kier molecular flexibility index (Phi) is 2.06. The summed E-state index contributed by atoms with van der Waals surface area (Å²) in [6, 6.07) is 0. The highest BCUT2D eigenvalue weighted by atomic mass is 16.2. The lowest BCUT2D eigenvalue weighted by molar-refractivity contribution is 0.148. The van der Waals surface area contributed by atoms with E-state index in [9.17, 15) is 9.59 Å². The Morgan fingerprint density at radius 3 is 2.14 bits per heavy atom. The zero-order valence-corrected chi connectivity index (χ0v) is 11.8. The molecule has 6 nitrogen and oxygen atoms in total. The summed E-state index contributed by atoms with van der Waals surface area (Å²) in [6.45, 7) is 0. The minimum absolute atomic E-state index is 0.183. The van der Waals surface area contributed by atoms with E-state index in [0.29, 0.717) is 28.9 Å². The van der Waals surface area contributed by atoms with Crippen LogP contribution in [0.5, 0.6) is 0 Å². The van der Waals surface area contributed by atoms with Crippen molar-refractivity contribution >= 4 is 11.2 Å². The lowest BCUT2D eigenvalue weighted by Gasteiger charge is -2.36.